The summed E-state index contributed by atoms with van der Waals surface area (Å²) in [5, 5.41) is 6.37. The van der Waals surface area contributed by atoms with Crippen molar-refractivity contribution < 1.29 is 9.47 Å². The van der Waals surface area contributed by atoms with Gasteiger partial charge in [-0.05, 0) is 6.42 Å². The molecule has 0 amide bonds. The number of nitrogens with zero attached hydrogens (tertiary/aromatic N) is 4. The minimum absolute atomic E-state index is 0.571. The van der Waals surface area contributed by atoms with Crippen molar-refractivity contribution in [3.63, 3.8) is 0 Å². The van der Waals surface area contributed by atoms with Gasteiger partial charge in [-0.25, -0.2) is 0 Å². The van der Waals surface area contributed by atoms with E-state index in [2.05, 4.69) is 37.4 Å². The molecule has 1 fully saturated rings. The molecule has 0 atom stereocenters. The summed E-state index contributed by atoms with van der Waals surface area (Å²) in [4.78, 5) is 15.5. The van der Waals surface area contributed by atoms with E-state index in [-0.39, 0.29) is 0 Å². The summed E-state index contributed by atoms with van der Waals surface area (Å²) in [7, 11) is 1.67. The average Bonchev–Trinajstić information content (AvgIpc) is 2.54. The Morgan fingerprint density at radius 2 is 1.76 bits per heavy atom. The molecule has 1 aromatic heterocycles. The number of ether oxygens (including phenoxy) is 2. The molecule has 0 radical (unpaired) electrons. The Kier molecular flexibility index (Phi) is 6.42. The normalized spacial score (nSPS) is 15.0. The van der Waals surface area contributed by atoms with E-state index in [1.54, 1.807) is 7.11 Å². The number of hydrogen-bond acceptors (Lipinski definition) is 8. The number of morpholine rings is 1. The van der Waals surface area contributed by atoms with Gasteiger partial charge in [-0.3, -0.25) is 0 Å². The summed E-state index contributed by atoms with van der Waals surface area (Å²) in [6.45, 7) is 7.22. The lowest BCUT2D eigenvalue weighted by Crippen LogP contribution is -2.37. The lowest BCUT2D eigenvalue weighted by Gasteiger charge is -2.27. The van der Waals surface area contributed by atoms with E-state index < -0.39 is 0 Å². The van der Waals surface area contributed by atoms with Crippen molar-refractivity contribution in [2.45, 2.75) is 13.3 Å². The SMILES string of the molecule is CCCNc1nc(NCCOC)nc(N2CCOCC2)n1. The van der Waals surface area contributed by atoms with E-state index in [4.69, 9.17) is 9.47 Å². The molecule has 1 aromatic rings. The molecular formula is C13H24N6O2. The van der Waals surface area contributed by atoms with Gasteiger partial charge in [-0.15, -0.1) is 0 Å². The maximum absolute atomic E-state index is 5.37. The van der Waals surface area contributed by atoms with Gasteiger partial charge in [0.05, 0.1) is 19.8 Å². The van der Waals surface area contributed by atoms with Gasteiger partial charge in [0.1, 0.15) is 0 Å². The second-order valence-corrected chi connectivity index (χ2v) is 4.73. The van der Waals surface area contributed by atoms with E-state index in [1.165, 1.54) is 0 Å². The van der Waals surface area contributed by atoms with Crippen molar-refractivity contribution in [2.75, 3.05) is 68.6 Å². The van der Waals surface area contributed by atoms with Crippen LogP contribution in [0.25, 0.3) is 0 Å². The van der Waals surface area contributed by atoms with Gasteiger partial charge in [0.2, 0.25) is 17.8 Å². The molecule has 8 heteroatoms. The summed E-state index contributed by atoms with van der Waals surface area (Å²) in [6.07, 6.45) is 1.02. The standard InChI is InChI=1S/C13H24N6O2/c1-3-4-14-11-16-12(15-5-8-20-2)18-13(17-11)19-6-9-21-10-7-19/h3-10H2,1-2H3,(H2,14,15,16,17,18). The minimum Gasteiger partial charge on any atom is -0.383 e. The third kappa shape index (κ3) is 4.98. The molecule has 0 saturated carbocycles. The van der Waals surface area contributed by atoms with Gasteiger partial charge in [-0.1, -0.05) is 6.92 Å². The fraction of sp³-hybridized carbons (Fsp3) is 0.769. The van der Waals surface area contributed by atoms with Crippen LogP contribution in [0.2, 0.25) is 0 Å². The first kappa shape index (κ1) is 15.7. The molecule has 2 N–H and O–H groups in total. The second-order valence-electron chi connectivity index (χ2n) is 4.73. The molecule has 0 bridgehead atoms. The topological polar surface area (TPSA) is 84.4 Å². The molecule has 0 aliphatic carbocycles. The van der Waals surface area contributed by atoms with E-state index >= 15 is 0 Å². The zero-order valence-corrected chi connectivity index (χ0v) is 12.8. The smallest absolute Gasteiger partial charge is 0.232 e. The maximum atomic E-state index is 5.37. The molecular weight excluding hydrogens is 272 g/mol. The number of nitrogens with one attached hydrogen (secondary N) is 2. The monoisotopic (exact) mass is 296 g/mol. The quantitative estimate of drug-likeness (QED) is 0.674. The highest BCUT2D eigenvalue weighted by Gasteiger charge is 2.16. The van der Waals surface area contributed by atoms with E-state index in [1.807, 2.05) is 0 Å². The molecule has 2 heterocycles. The van der Waals surface area contributed by atoms with Crippen molar-refractivity contribution in [1.29, 1.82) is 0 Å². The van der Waals surface area contributed by atoms with Gasteiger partial charge in [0.25, 0.3) is 0 Å². The largest absolute Gasteiger partial charge is 0.383 e. The number of methoxy groups -OCH3 is 1. The van der Waals surface area contributed by atoms with Crippen molar-refractivity contribution >= 4 is 17.8 Å². The van der Waals surface area contributed by atoms with Gasteiger partial charge >= 0.3 is 0 Å². The van der Waals surface area contributed by atoms with Crippen molar-refractivity contribution in [2.24, 2.45) is 0 Å². The van der Waals surface area contributed by atoms with E-state index in [0.717, 1.165) is 26.1 Å². The Labute approximate surface area is 125 Å². The zero-order valence-electron chi connectivity index (χ0n) is 12.8. The van der Waals surface area contributed by atoms with Gasteiger partial charge in [0.15, 0.2) is 0 Å². The molecule has 21 heavy (non-hydrogen) atoms. The van der Waals surface area contributed by atoms with Gasteiger partial charge < -0.3 is 25.0 Å². The van der Waals surface area contributed by atoms with Crippen LogP contribution >= 0.6 is 0 Å². The first-order chi connectivity index (χ1) is 10.3. The fourth-order valence-corrected chi connectivity index (χ4v) is 1.93. The van der Waals surface area contributed by atoms with Crippen LogP contribution in [0.5, 0.6) is 0 Å². The molecule has 1 aliphatic heterocycles. The van der Waals surface area contributed by atoms with Gasteiger partial charge in [-0.2, -0.15) is 15.0 Å². The summed E-state index contributed by atoms with van der Waals surface area (Å²) in [5.41, 5.74) is 0. The van der Waals surface area contributed by atoms with Crippen molar-refractivity contribution in [3.05, 3.63) is 0 Å². The van der Waals surface area contributed by atoms with Crippen molar-refractivity contribution in [3.8, 4) is 0 Å². The predicted molar refractivity (Wildman–Crippen MR) is 82.0 cm³/mol. The summed E-state index contributed by atoms with van der Waals surface area (Å²) >= 11 is 0. The molecule has 1 aliphatic rings. The summed E-state index contributed by atoms with van der Waals surface area (Å²) in [6, 6.07) is 0. The average molecular weight is 296 g/mol. The molecule has 0 unspecified atom stereocenters. The van der Waals surface area contributed by atoms with Crippen LogP contribution in [0.3, 0.4) is 0 Å². The van der Waals surface area contributed by atoms with Crippen LogP contribution in [-0.4, -0.2) is 68.1 Å². The number of hydrogen-bond donors (Lipinski definition) is 2. The minimum atomic E-state index is 0.571. The second kappa shape index (κ2) is 8.58. The number of rotatable bonds is 8. The highest BCUT2D eigenvalue weighted by molar-refractivity contribution is 5.44. The number of anilines is 3. The summed E-state index contributed by atoms with van der Waals surface area (Å²) < 4.78 is 10.4. The Hall–Kier alpha value is -1.67. The molecule has 8 nitrogen and oxygen atoms in total. The highest BCUT2D eigenvalue weighted by atomic mass is 16.5. The molecule has 118 valence electrons. The Balaban J connectivity index is 2.10. The lowest BCUT2D eigenvalue weighted by molar-refractivity contribution is 0.122. The maximum Gasteiger partial charge on any atom is 0.232 e. The Morgan fingerprint density at radius 1 is 1.10 bits per heavy atom. The van der Waals surface area contributed by atoms with Crippen molar-refractivity contribution in [1.82, 2.24) is 15.0 Å². The van der Waals surface area contributed by atoms with Gasteiger partial charge in [0, 0.05) is 33.3 Å². The van der Waals surface area contributed by atoms with E-state index in [9.17, 15) is 0 Å². The third-order valence-corrected chi connectivity index (χ3v) is 3.04. The van der Waals surface area contributed by atoms with Crippen LogP contribution in [0.15, 0.2) is 0 Å². The highest BCUT2D eigenvalue weighted by Crippen LogP contribution is 2.15. The molecule has 0 aromatic carbocycles. The molecule has 0 spiro atoms. The zero-order chi connectivity index (χ0) is 14.9. The van der Waals surface area contributed by atoms with Crippen LogP contribution in [0, 0.1) is 0 Å². The van der Waals surface area contributed by atoms with Crippen LogP contribution in [0.4, 0.5) is 17.8 Å². The van der Waals surface area contributed by atoms with Crippen LogP contribution < -0.4 is 15.5 Å². The first-order valence-corrected chi connectivity index (χ1v) is 7.39. The predicted octanol–water partition coefficient (Wildman–Crippen LogP) is 0.588. The lowest BCUT2D eigenvalue weighted by atomic mass is 10.4. The van der Waals surface area contributed by atoms with Crippen LogP contribution in [-0.2, 0) is 9.47 Å². The Bertz CT molecular complexity index is 425. The third-order valence-electron chi connectivity index (χ3n) is 3.04. The van der Waals surface area contributed by atoms with E-state index in [0.29, 0.717) is 44.2 Å². The molecule has 1 saturated heterocycles. The molecule has 2 rings (SSSR count). The number of aromatic nitrogens is 3. The first-order valence-electron chi connectivity index (χ1n) is 7.39. The fourth-order valence-electron chi connectivity index (χ4n) is 1.93. The van der Waals surface area contributed by atoms with Crippen LogP contribution in [0.1, 0.15) is 13.3 Å². The summed E-state index contributed by atoms with van der Waals surface area (Å²) in [5.74, 6) is 1.86. The Morgan fingerprint density at radius 3 is 2.38 bits per heavy atom.